The van der Waals surface area contributed by atoms with Crippen LogP contribution in [0.5, 0.6) is 5.75 Å². The summed E-state index contributed by atoms with van der Waals surface area (Å²) in [7, 11) is 3.91. The van der Waals surface area contributed by atoms with Crippen LogP contribution in [0.1, 0.15) is 6.92 Å². The molecule has 8 nitrogen and oxygen atoms in total. The molecule has 0 fully saturated rings. The van der Waals surface area contributed by atoms with Crippen molar-refractivity contribution in [3.05, 3.63) is 55.0 Å². The fourth-order valence-electron chi connectivity index (χ4n) is 2.79. The van der Waals surface area contributed by atoms with Gasteiger partial charge in [0.1, 0.15) is 17.3 Å². The Bertz CT molecular complexity index is 1070. The van der Waals surface area contributed by atoms with E-state index in [0.717, 1.165) is 28.5 Å². The van der Waals surface area contributed by atoms with Gasteiger partial charge in [-0.15, -0.1) is 5.10 Å². The molecule has 4 aromatic rings. The van der Waals surface area contributed by atoms with E-state index >= 15 is 0 Å². The lowest BCUT2D eigenvalue weighted by Gasteiger charge is -2.11. The lowest BCUT2D eigenvalue weighted by molar-refractivity contribution is 0.340. The fraction of sp³-hybridized carbons (Fsp3) is 0.200. The van der Waals surface area contributed by atoms with Crippen LogP contribution in [0.15, 0.2) is 55.0 Å². The van der Waals surface area contributed by atoms with Crippen molar-refractivity contribution in [1.82, 2.24) is 24.6 Å². The minimum atomic E-state index is 0.497. The van der Waals surface area contributed by atoms with Crippen LogP contribution < -0.4 is 15.0 Å². The predicted octanol–water partition coefficient (Wildman–Crippen LogP) is 3.39. The first-order valence-electron chi connectivity index (χ1n) is 8.99. The molecule has 0 saturated carbocycles. The largest absolute Gasteiger partial charge is 0.494 e. The summed E-state index contributed by atoms with van der Waals surface area (Å²) in [6.45, 7) is 2.60. The normalized spacial score (nSPS) is 10.8. The van der Waals surface area contributed by atoms with Crippen molar-refractivity contribution in [2.75, 3.05) is 30.9 Å². The van der Waals surface area contributed by atoms with Crippen LogP contribution in [0, 0.1) is 0 Å². The second-order valence-electron chi connectivity index (χ2n) is 6.36. The summed E-state index contributed by atoms with van der Waals surface area (Å²) in [6, 6.07) is 11.6. The Labute approximate surface area is 162 Å². The summed E-state index contributed by atoms with van der Waals surface area (Å²) in [5.41, 5.74) is 3.16. The van der Waals surface area contributed by atoms with Crippen molar-refractivity contribution in [2.45, 2.75) is 6.92 Å². The van der Waals surface area contributed by atoms with Crippen LogP contribution in [0.4, 0.5) is 17.5 Å². The van der Waals surface area contributed by atoms with Gasteiger partial charge in [-0.1, -0.05) is 0 Å². The highest BCUT2D eigenvalue weighted by Gasteiger charge is 2.12. The highest BCUT2D eigenvalue weighted by Crippen LogP contribution is 2.24. The summed E-state index contributed by atoms with van der Waals surface area (Å²) in [4.78, 5) is 15.5. The van der Waals surface area contributed by atoms with Crippen LogP contribution in [0.25, 0.3) is 16.9 Å². The fourth-order valence-corrected chi connectivity index (χ4v) is 2.79. The number of fused-ring (bicyclic) bond motifs is 1. The van der Waals surface area contributed by atoms with Gasteiger partial charge in [0.05, 0.1) is 6.61 Å². The highest BCUT2D eigenvalue weighted by molar-refractivity contribution is 5.74. The maximum Gasteiger partial charge on any atom is 0.247 e. The molecule has 0 saturated heterocycles. The molecule has 0 bridgehead atoms. The Morgan fingerprint density at radius 2 is 1.89 bits per heavy atom. The number of anilines is 3. The minimum Gasteiger partial charge on any atom is -0.494 e. The molecule has 0 unspecified atom stereocenters. The zero-order chi connectivity index (χ0) is 19.5. The number of rotatable bonds is 6. The van der Waals surface area contributed by atoms with Gasteiger partial charge in [-0.25, -0.2) is 9.50 Å². The molecule has 4 rings (SSSR count). The van der Waals surface area contributed by atoms with Crippen LogP contribution >= 0.6 is 0 Å². The second-order valence-corrected chi connectivity index (χ2v) is 6.36. The number of nitrogens with zero attached hydrogens (tertiary/aromatic N) is 6. The molecule has 8 heteroatoms. The molecule has 3 aromatic heterocycles. The van der Waals surface area contributed by atoms with Crippen molar-refractivity contribution in [3.63, 3.8) is 0 Å². The average Bonchev–Trinajstić information content (AvgIpc) is 3.12. The number of nitrogens with one attached hydrogen (secondary N) is 1. The van der Waals surface area contributed by atoms with Gasteiger partial charge in [0.15, 0.2) is 5.65 Å². The summed E-state index contributed by atoms with van der Waals surface area (Å²) < 4.78 is 7.17. The molecular formula is C20H21N7O. The number of ether oxygens (including phenoxy) is 1. The SMILES string of the molecule is CCOc1ccc(Nc2nc3c(-c4ccc(N(C)C)nc4)nccn3n2)cc1. The molecule has 1 aromatic carbocycles. The first kappa shape index (κ1) is 17.7. The van der Waals surface area contributed by atoms with E-state index in [9.17, 15) is 0 Å². The van der Waals surface area contributed by atoms with Crippen LogP contribution in [0.3, 0.4) is 0 Å². The quantitative estimate of drug-likeness (QED) is 0.553. The second kappa shape index (κ2) is 7.51. The lowest BCUT2D eigenvalue weighted by atomic mass is 10.2. The molecule has 0 aliphatic rings. The Kier molecular flexibility index (Phi) is 4.76. The molecule has 1 N–H and O–H groups in total. The summed E-state index contributed by atoms with van der Waals surface area (Å²) in [6.07, 6.45) is 5.28. The van der Waals surface area contributed by atoms with Gasteiger partial charge in [-0.3, -0.25) is 4.98 Å². The average molecular weight is 375 g/mol. The molecule has 142 valence electrons. The maximum atomic E-state index is 5.47. The number of hydrogen-bond donors (Lipinski definition) is 1. The summed E-state index contributed by atoms with van der Waals surface area (Å²) in [5, 5.41) is 7.71. The molecule has 0 aliphatic carbocycles. The van der Waals surface area contributed by atoms with Gasteiger partial charge in [-0.2, -0.15) is 4.98 Å². The number of aromatic nitrogens is 5. The van der Waals surface area contributed by atoms with Gasteiger partial charge < -0.3 is 15.0 Å². The maximum absolute atomic E-state index is 5.47. The van der Waals surface area contributed by atoms with Gasteiger partial charge in [0, 0.05) is 43.9 Å². The molecular weight excluding hydrogens is 354 g/mol. The molecule has 0 aliphatic heterocycles. The van der Waals surface area contributed by atoms with Crippen molar-refractivity contribution in [1.29, 1.82) is 0 Å². The Morgan fingerprint density at radius 3 is 2.57 bits per heavy atom. The first-order chi connectivity index (χ1) is 13.6. The van der Waals surface area contributed by atoms with E-state index in [1.165, 1.54) is 0 Å². The van der Waals surface area contributed by atoms with Gasteiger partial charge in [0.2, 0.25) is 5.95 Å². The van der Waals surface area contributed by atoms with Crippen molar-refractivity contribution in [3.8, 4) is 17.0 Å². The summed E-state index contributed by atoms with van der Waals surface area (Å²) >= 11 is 0. The van der Waals surface area contributed by atoms with E-state index in [-0.39, 0.29) is 0 Å². The van der Waals surface area contributed by atoms with E-state index in [1.807, 2.05) is 62.3 Å². The number of pyridine rings is 1. The van der Waals surface area contributed by atoms with E-state index in [0.29, 0.717) is 18.2 Å². The molecule has 3 heterocycles. The standard InChI is InChI=1S/C20H21N7O/c1-4-28-16-8-6-15(7-9-16)23-20-24-19-18(21-11-12-27(19)25-20)14-5-10-17(22-13-14)26(2)3/h5-13H,4H2,1-3H3,(H,23,25). The molecule has 0 amide bonds. The lowest BCUT2D eigenvalue weighted by Crippen LogP contribution is -2.10. The van der Waals surface area contributed by atoms with Crippen molar-refractivity contribution < 1.29 is 4.74 Å². The van der Waals surface area contributed by atoms with Crippen molar-refractivity contribution in [2.24, 2.45) is 0 Å². The zero-order valence-corrected chi connectivity index (χ0v) is 16.0. The zero-order valence-electron chi connectivity index (χ0n) is 16.0. The van der Waals surface area contributed by atoms with E-state index in [4.69, 9.17) is 4.74 Å². The van der Waals surface area contributed by atoms with E-state index in [2.05, 4.69) is 25.4 Å². The number of benzene rings is 1. The van der Waals surface area contributed by atoms with E-state index in [1.54, 1.807) is 23.1 Å². The third kappa shape index (κ3) is 3.57. The molecule has 0 radical (unpaired) electrons. The smallest absolute Gasteiger partial charge is 0.247 e. The Balaban J connectivity index is 1.63. The van der Waals surface area contributed by atoms with Gasteiger partial charge in [0.25, 0.3) is 0 Å². The van der Waals surface area contributed by atoms with E-state index < -0.39 is 0 Å². The predicted molar refractivity (Wildman–Crippen MR) is 109 cm³/mol. The molecule has 28 heavy (non-hydrogen) atoms. The monoisotopic (exact) mass is 375 g/mol. The van der Waals surface area contributed by atoms with Crippen LogP contribution in [-0.2, 0) is 0 Å². The first-order valence-corrected chi connectivity index (χ1v) is 8.99. The van der Waals surface area contributed by atoms with Gasteiger partial charge >= 0.3 is 0 Å². The van der Waals surface area contributed by atoms with Crippen LogP contribution in [-0.4, -0.2) is 45.3 Å². The molecule has 0 atom stereocenters. The third-order valence-electron chi connectivity index (χ3n) is 4.16. The van der Waals surface area contributed by atoms with Gasteiger partial charge in [-0.05, 0) is 43.3 Å². The molecule has 0 spiro atoms. The Morgan fingerprint density at radius 1 is 1.07 bits per heavy atom. The summed E-state index contributed by atoms with van der Waals surface area (Å²) in [5.74, 6) is 2.21. The highest BCUT2D eigenvalue weighted by atomic mass is 16.5. The van der Waals surface area contributed by atoms with Crippen molar-refractivity contribution >= 4 is 23.1 Å². The topological polar surface area (TPSA) is 80.5 Å². The van der Waals surface area contributed by atoms with Crippen LogP contribution in [0.2, 0.25) is 0 Å². The third-order valence-corrected chi connectivity index (χ3v) is 4.16. The minimum absolute atomic E-state index is 0.497. The number of hydrogen-bond acceptors (Lipinski definition) is 7. The Hall–Kier alpha value is -3.68.